The second-order valence-corrected chi connectivity index (χ2v) is 9.12. The standard InChI is InChI=1S/C12H19N3O5SSi/c1-4-19-22(3,20-5-2)10-18-11-6-8-12(9-7-11)21(16,17)15-14-13/h6-9H,4-5,10H2,1-3H3. The SMILES string of the molecule is CCO[Si](C)(COc1ccc(S(=O)(=O)N=[N+]=[N-])cc1)OCC. The summed E-state index contributed by atoms with van der Waals surface area (Å²) in [5.41, 5.74) is 8.22. The van der Waals surface area contributed by atoms with E-state index in [1.54, 1.807) is 0 Å². The number of rotatable bonds is 9. The third-order valence-electron chi connectivity index (χ3n) is 2.67. The van der Waals surface area contributed by atoms with E-state index in [9.17, 15) is 8.42 Å². The molecule has 122 valence electrons. The van der Waals surface area contributed by atoms with Crippen LogP contribution >= 0.6 is 0 Å². The molecule has 10 heteroatoms. The van der Waals surface area contributed by atoms with Crippen molar-refractivity contribution in [2.75, 3.05) is 19.4 Å². The van der Waals surface area contributed by atoms with E-state index in [2.05, 4.69) is 9.43 Å². The molecular weight excluding hydrogens is 326 g/mol. The quantitative estimate of drug-likeness (QED) is 0.296. The van der Waals surface area contributed by atoms with Crippen LogP contribution in [0.1, 0.15) is 13.8 Å². The molecule has 0 radical (unpaired) electrons. The van der Waals surface area contributed by atoms with E-state index in [1.807, 2.05) is 20.4 Å². The third-order valence-corrected chi connectivity index (χ3v) is 6.29. The van der Waals surface area contributed by atoms with Crippen molar-refractivity contribution in [3.05, 3.63) is 34.7 Å². The molecule has 0 spiro atoms. The van der Waals surface area contributed by atoms with Gasteiger partial charge in [0.15, 0.2) is 0 Å². The van der Waals surface area contributed by atoms with Crippen molar-refractivity contribution < 1.29 is 22.0 Å². The number of benzene rings is 1. The highest BCUT2D eigenvalue weighted by molar-refractivity contribution is 7.90. The van der Waals surface area contributed by atoms with Crippen molar-refractivity contribution in [3.63, 3.8) is 0 Å². The fraction of sp³-hybridized carbons (Fsp3) is 0.500. The fourth-order valence-electron chi connectivity index (χ4n) is 1.75. The Kier molecular flexibility index (Phi) is 6.85. The lowest BCUT2D eigenvalue weighted by Gasteiger charge is -2.25. The molecule has 0 fully saturated rings. The first-order valence-electron chi connectivity index (χ1n) is 6.69. The molecule has 0 heterocycles. The molecule has 0 aliphatic heterocycles. The Morgan fingerprint density at radius 3 is 2.18 bits per heavy atom. The number of nitrogens with zero attached hydrogens (tertiary/aromatic N) is 3. The Labute approximate surface area is 130 Å². The fourth-order valence-corrected chi connectivity index (χ4v) is 4.32. The first-order valence-corrected chi connectivity index (χ1v) is 10.7. The van der Waals surface area contributed by atoms with Crippen molar-refractivity contribution in [1.82, 2.24) is 0 Å². The molecule has 0 amide bonds. The minimum atomic E-state index is -3.98. The van der Waals surface area contributed by atoms with Gasteiger partial charge in [-0.25, -0.2) is 8.42 Å². The maximum atomic E-state index is 11.5. The van der Waals surface area contributed by atoms with Crippen molar-refractivity contribution >= 4 is 18.6 Å². The van der Waals surface area contributed by atoms with Gasteiger partial charge in [-0.1, -0.05) is 0 Å². The molecule has 0 aliphatic carbocycles. The molecule has 0 saturated carbocycles. The monoisotopic (exact) mass is 345 g/mol. The van der Waals surface area contributed by atoms with Crippen LogP contribution in [0.5, 0.6) is 5.75 Å². The lowest BCUT2D eigenvalue weighted by molar-refractivity contribution is 0.164. The van der Waals surface area contributed by atoms with Gasteiger partial charge < -0.3 is 13.6 Å². The molecule has 0 unspecified atom stereocenters. The van der Waals surface area contributed by atoms with Gasteiger partial charge in [-0.05, 0) is 50.2 Å². The van der Waals surface area contributed by atoms with Gasteiger partial charge in [-0.15, -0.1) is 0 Å². The summed E-state index contributed by atoms with van der Waals surface area (Å²) in [7, 11) is -6.38. The maximum Gasteiger partial charge on any atom is 0.373 e. The maximum absolute atomic E-state index is 11.5. The van der Waals surface area contributed by atoms with E-state index in [4.69, 9.17) is 19.1 Å². The summed E-state index contributed by atoms with van der Waals surface area (Å²) in [5.74, 6) is 0.484. The van der Waals surface area contributed by atoms with Crippen LogP contribution in [-0.4, -0.2) is 36.4 Å². The summed E-state index contributed by atoms with van der Waals surface area (Å²) in [6.07, 6.45) is 0.289. The number of azide groups is 1. The predicted octanol–water partition coefficient (Wildman–Crippen LogP) is 2.75. The van der Waals surface area contributed by atoms with Gasteiger partial charge in [0, 0.05) is 22.6 Å². The molecule has 0 aromatic heterocycles. The van der Waals surface area contributed by atoms with E-state index >= 15 is 0 Å². The summed E-state index contributed by atoms with van der Waals surface area (Å²) in [6, 6.07) is 5.62. The molecule has 0 saturated heterocycles. The first kappa shape index (κ1) is 18.5. The van der Waals surface area contributed by atoms with Gasteiger partial charge in [0.1, 0.15) is 12.0 Å². The first-order chi connectivity index (χ1) is 10.4. The Hall–Kier alpha value is -1.58. The highest BCUT2D eigenvalue weighted by Gasteiger charge is 2.32. The summed E-state index contributed by atoms with van der Waals surface area (Å²) < 4.78 is 42.7. The molecule has 1 aromatic carbocycles. The lowest BCUT2D eigenvalue weighted by Crippen LogP contribution is -2.45. The van der Waals surface area contributed by atoms with Crippen molar-refractivity contribution in [3.8, 4) is 5.75 Å². The van der Waals surface area contributed by atoms with Crippen molar-refractivity contribution in [2.45, 2.75) is 25.3 Å². The van der Waals surface area contributed by atoms with Crippen LogP contribution in [0.3, 0.4) is 0 Å². The number of hydrogen-bond acceptors (Lipinski definition) is 5. The number of hydrogen-bond donors (Lipinski definition) is 0. The van der Waals surface area contributed by atoms with E-state index in [0.717, 1.165) is 0 Å². The molecule has 22 heavy (non-hydrogen) atoms. The summed E-state index contributed by atoms with van der Waals surface area (Å²) >= 11 is 0. The van der Waals surface area contributed by atoms with Crippen LogP contribution in [-0.2, 0) is 18.9 Å². The molecule has 8 nitrogen and oxygen atoms in total. The highest BCUT2D eigenvalue weighted by atomic mass is 32.2. The Morgan fingerprint density at radius 2 is 1.73 bits per heavy atom. The van der Waals surface area contributed by atoms with Crippen LogP contribution in [0.4, 0.5) is 0 Å². The van der Waals surface area contributed by atoms with Gasteiger partial charge in [-0.3, -0.25) is 0 Å². The molecule has 0 aliphatic rings. The number of sulfonamides is 1. The average molecular weight is 345 g/mol. The molecule has 0 N–H and O–H groups in total. The zero-order valence-corrected chi connectivity index (χ0v) is 14.5. The van der Waals surface area contributed by atoms with E-state index in [0.29, 0.717) is 19.0 Å². The van der Waals surface area contributed by atoms with Gasteiger partial charge in [0.25, 0.3) is 10.0 Å². The predicted molar refractivity (Wildman–Crippen MR) is 83.1 cm³/mol. The summed E-state index contributed by atoms with van der Waals surface area (Å²) in [5, 5.41) is 0. The van der Waals surface area contributed by atoms with E-state index in [1.165, 1.54) is 24.3 Å². The van der Waals surface area contributed by atoms with Gasteiger partial charge in [0.05, 0.1) is 4.90 Å². The van der Waals surface area contributed by atoms with Crippen LogP contribution < -0.4 is 4.74 Å². The van der Waals surface area contributed by atoms with Crippen molar-refractivity contribution in [2.24, 2.45) is 4.52 Å². The zero-order chi connectivity index (χ0) is 16.6. The lowest BCUT2D eigenvalue weighted by atomic mass is 10.3. The Balaban J connectivity index is 2.78. The van der Waals surface area contributed by atoms with Crippen LogP contribution in [0.2, 0.25) is 6.55 Å². The molecule has 0 bridgehead atoms. The topological polar surface area (TPSA) is 111 Å². The minimum Gasteiger partial charge on any atom is -0.492 e. The molecule has 1 rings (SSSR count). The van der Waals surface area contributed by atoms with Crippen LogP contribution in [0.15, 0.2) is 33.7 Å². The second kappa shape index (κ2) is 8.16. The van der Waals surface area contributed by atoms with E-state index in [-0.39, 0.29) is 11.1 Å². The highest BCUT2D eigenvalue weighted by Crippen LogP contribution is 2.19. The smallest absolute Gasteiger partial charge is 0.373 e. The van der Waals surface area contributed by atoms with Crippen LogP contribution in [0, 0.1) is 0 Å². The third kappa shape index (κ3) is 5.32. The van der Waals surface area contributed by atoms with Gasteiger partial charge in [0.2, 0.25) is 0 Å². The molecule has 0 atom stereocenters. The molecule has 1 aromatic rings. The summed E-state index contributed by atoms with van der Waals surface area (Å²) in [4.78, 5) is 2.20. The second-order valence-electron chi connectivity index (χ2n) is 4.41. The number of ether oxygens (including phenoxy) is 1. The van der Waals surface area contributed by atoms with Gasteiger partial charge >= 0.3 is 8.56 Å². The van der Waals surface area contributed by atoms with E-state index < -0.39 is 18.6 Å². The zero-order valence-electron chi connectivity index (χ0n) is 12.7. The Bertz CT molecular complexity index is 623. The molecular formula is C12H19N3O5SSi. The summed E-state index contributed by atoms with van der Waals surface area (Å²) in [6.45, 7) is 6.75. The minimum absolute atomic E-state index is 0.0905. The average Bonchev–Trinajstić information content (AvgIpc) is 2.46. The van der Waals surface area contributed by atoms with Crippen molar-refractivity contribution in [1.29, 1.82) is 0 Å². The van der Waals surface area contributed by atoms with Crippen LogP contribution in [0.25, 0.3) is 10.4 Å². The largest absolute Gasteiger partial charge is 0.492 e. The van der Waals surface area contributed by atoms with Gasteiger partial charge in [-0.2, -0.15) is 0 Å². The Morgan fingerprint density at radius 1 is 1.18 bits per heavy atom. The normalized spacial score (nSPS) is 11.8.